The molecule has 166 valence electrons. The molecule has 1 aliphatic rings. The van der Waals surface area contributed by atoms with E-state index in [1.54, 1.807) is 11.3 Å². The van der Waals surface area contributed by atoms with E-state index < -0.39 is 0 Å². The summed E-state index contributed by atoms with van der Waals surface area (Å²) in [7, 11) is 0. The molecule has 33 heavy (non-hydrogen) atoms. The van der Waals surface area contributed by atoms with E-state index in [1.165, 1.54) is 6.33 Å². The number of thiophene rings is 1. The lowest BCUT2D eigenvalue weighted by Gasteiger charge is -2.10. The molecule has 0 bridgehead atoms. The van der Waals surface area contributed by atoms with Crippen molar-refractivity contribution in [1.82, 2.24) is 19.9 Å². The Morgan fingerprint density at radius 3 is 2.97 bits per heavy atom. The van der Waals surface area contributed by atoms with Crippen LogP contribution in [-0.4, -0.2) is 33.7 Å². The molecule has 1 atom stereocenters. The van der Waals surface area contributed by atoms with Gasteiger partial charge >= 0.3 is 0 Å². The van der Waals surface area contributed by atoms with Gasteiger partial charge in [-0.1, -0.05) is 17.9 Å². The standard InChI is InChI=1S/C25H23N5O2S/c1-16-2-3-19(25(31)27-11-17-7-9-33-14-17)10-18(16)4-5-20-12-30(21-6-8-32-13-21)24-22(20)23(26)28-15-29-24/h2-3,7,9-10,12,14-15,21H,6,8,11,13H2,1H3,(H,27,31)(H2,26,28,29). The Balaban J connectivity index is 1.46. The fourth-order valence-corrected chi connectivity index (χ4v) is 4.60. The first-order valence-corrected chi connectivity index (χ1v) is 11.6. The van der Waals surface area contributed by atoms with Crippen LogP contribution in [0.3, 0.4) is 0 Å². The number of ether oxygens (including phenoxy) is 1. The van der Waals surface area contributed by atoms with Crippen molar-refractivity contribution in [3.8, 4) is 11.8 Å². The van der Waals surface area contributed by atoms with Crippen LogP contribution in [-0.2, 0) is 11.3 Å². The van der Waals surface area contributed by atoms with Gasteiger partial charge in [-0.2, -0.15) is 11.3 Å². The zero-order chi connectivity index (χ0) is 22.8. The summed E-state index contributed by atoms with van der Waals surface area (Å²) in [5.74, 6) is 6.76. The molecule has 1 unspecified atom stereocenters. The molecule has 1 saturated heterocycles. The monoisotopic (exact) mass is 457 g/mol. The molecule has 8 heteroatoms. The molecule has 0 saturated carbocycles. The van der Waals surface area contributed by atoms with Crippen molar-refractivity contribution in [3.63, 3.8) is 0 Å². The van der Waals surface area contributed by atoms with Gasteiger partial charge in [0.2, 0.25) is 0 Å². The summed E-state index contributed by atoms with van der Waals surface area (Å²) in [4.78, 5) is 21.3. The number of hydrogen-bond acceptors (Lipinski definition) is 6. The number of nitrogens with zero attached hydrogens (tertiary/aromatic N) is 3. The Kier molecular flexibility index (Phi) is 5.82. The number of anilines is 1. The summed E-state index contributed by atoms with van der Waals surface area (Å²) in [5.41, 5.74) is 11.2. The zero-order valence-corrected chi connectivity index (χ0v) is 19.0. The highest BCUT2D eigenvalue weighted by Gasteiger charge is 2.22. The van der Waals surface area contributed by atoms with Crippen LogP contribution in [0.4, 0.5) is 5.82 Å². The van der Waals surface area contributed by atoms with Gasteiger partial charge in [0.1, 0.15) is 17.8 Å². The minimum absolute atomic E-state index is 0.125. The van der Waals surface area contributed by atoms with Crippen molar-refractivity contribution in [3.05, 3.63) is 75.4 Å². The average molecular weight is 458 g/mol. The van der Waals surface area contributed by atoms with Crippen LogP contribution >= 0.6 is 11.3 Å². The first-order valence-electron chi connectivity index (χ1n) is 10.7. The predicted octanol–water partition coefficient (Wildman–Crippen LogP) is 3.67. The highest BCUT2D eigenvalue weighted by atomic mass is 32.1. The fraction of sp³-hybridized carbons (Fsp3) is 0.240. The van der Waals surface area contributed by atoms with Crippen LogP contribution in [0, 0.1) is 18.8 Å². The third-order valence-corrected chi connectivity index (χ3v) is 6.53. The van der Waals surface area contributed by atoms with Crippen LogP contribution in [0.1, 0.15) is 45.1 Å². The zero-order valence-electron chi connectivity index (χ0n) is 18.2. The molecule has 1 aromatic carbocycles. The molecule has 3 N–H and O–H groups in total. The molecule has 0 aliphatic carbocycles. The quantitative estimate of drug-likeness (QED) is 0.456. The molecule has 7 nitrogen and oxygen atoms in total. The number of amides is 1. The van der Waals surface area contributed by atoms with E-state index in [0.29, 0.717) is 24.5 Å². The number of aromatic nitrogens is 3. The van der Waals surface area contributed by atoms with Crippen molar-refractivity contribution in [2.45, 2.75) is 25.9 Å². The van der Waals surface area contributed by atoms with E-state index in [0.717, 1.165) is 46.3 Å². The lowest BCUT2D eigenvalue weighted by molar-refractivity contribution is 0.0951. The maximum atomic E-state index is 12.6. The molecule has 4 heterocycles. The molecular weight excluding hydrogens is 434 g/mol. The highest BCUT2D eigenvalue weighted by molar-refractivity contribution is 7.07. The fourth-order valence-electron chi connectivity index (χ4n) is 3.93. The van der Waals surface area contributed by atoms with E-state index in [1.807, 2.05) is 48.1 Å². The van der Waals surface area contributed by atoms with Gasteiger partial charge < -0.3 is 20.4 Å². The van der Waals surface area contributed by atoms with Gasteiger partial charge in [0.15, 0.2) is 0 Å². The molecule has 1 fully saturated rings. The second-order valence-electron chi connectivity index (χ2n) is 8.02. The third-order valence-electron chi connectivity index (χ3n) is 5.80. The largest absolute Gasteiger partial charge is 0.383 e. The van der Waals surface area contributed by atoms with Crippen LogP contribution in [0.5, 0.6) is 0 Å². The van der Waals surface area contributed by atoms with Gasteiger partial charge in [-0.3, -0.25) is 4.79 Å². The van der Waals surface area contributed by atoms with E-state index in [4.69, 9.17) is 10.5 Å². The maximum Gasteiger partial charge on any atom is 0.251 e. The van der Waals surface area contributed by atoms with Crippen molar-refractivity contribution < 1.29 is 9.53 Å². The SMILES string of the molecule is Cc1ccc(C(=O)NCc2ccsc2)cc1C#Cc1cn(C2CCOC2)c2ncnc(N)c12. The number of benzene rings is 1. The molecule has 3 aromatic heterocycles. The van der Waals surface area contributed by atoms with Gasteiger partial charge in [0.05, 0.1) is 23.6 Å². The predicted molar refractivity (Wildman–Crippen MR) is 129 cm³/mol. The Hall–Kier alpha value is -3.67. The van der Waals surface area contributed by atoms with Gasteiger partial charge in [0, 0.05) is 30.5 Å². The van der Waals surface area contributed by atoms with Gasteiger partial charge in [-0.15, -0.1) is 0 Å². The number of hydrogen-bond donors (Lipinski definition) is 2. The van der Waals surface area contributed by atoms with E-state index in [9.17, 15) is 4.79 Å². The molecule has 5 rings (SSSR count). The number of nitrogens with two attached hydrogens (primary N) is 1. The number of rotatable bonds is 4. The van der Waals surface area contributed by atoms with Crippen molar-refractivity contribution in [2.75, 3.05) is 18.9 Å². The maximum absolute atomic E-state index is 12.6. The second kappa shape index (κ2) is 9.06. The number of aryl methyl sites for hydroxylation is 1. The van der Waals surface area contributed by atoms with Crippen LogP contribution < -0.4 is 11.1 Å². The Bertz CT molecular complexity index is 1380. The number of carbonyl (C=O) groups is 1. The first kappa shape index (κ1) is 21.2. The lowest BCUT2D eigenvalue weighted by atomic mass is 10.0. The summed E-state index contributed by atoms with van der Waals surface area (Å²) in [5, 5.41) is 7.73. The Morgan fingerprint density at radius 1 is 1.30 bits per heavy atom. The number of fused-ring (bicyclic) bond motifs is 1. The summed E-state index contributed by atoms with van der Waals surface area (Å²) in [6, 6.07) is 7.77. The van der Waals surface area contributed by atoms with Crippen molar-refractivity contribution in [2.24, 2.45) is 0 Å². The van der Waals surface area contributed by atoms with Crippen molar-refractivity contribution >= 4 is 34.1 Å². The summed E-state index contributed by atoms with van der Waals surface area (Å²) in [6.45, 7) is 3.85. The minimum atomic E-state index is -0.125. The summed E-state index contributed by atoms with van der Waals surface area (Å²) in [6.07, 6.45) is 4.38. The summed E-state index contributed by atoms with van der Waals surface area (Å²) >= 11 is 1.61. The van der Waals surface area contributed by atoms with Crippen molar-refractivity contribution in [1.29, 1.82) is 0 Å². The van der Waals surface area contributed by atoms with Crippen LogP contribution in [0.15, 0.2) is 47.5 Å². The molecule has 1 aliphatic heterocycles. The minimum Gasteiger partial charge on any atom is -0.383 e. The number of carbonyl (C=O) groups excluding carboxylic acids is 1. The molecule has 0 spiro atoms. The second-order valence-corrected chi connectivity index (χ2v) is 8.80. The normalized spacial score (nSPS) is 15.4. The highest BCUT2D eigenvalue weighted by Crippen LogP contribution is 2.29. The number of nitrogens with one attached hydrogen (secondary N) is 1. The lowest BCUT2D eigenvalue weighted by Crippen LogP contribution is -2.22. The van der Waals surface area contributed by atoms with Crippen LogP contribution in [0.2, 0.25) is 0 Å². The third kappa shape index (κ3) is 4.33. The molecular formula is C25H23N5O2S. The van der Waals surface area contributed by atoms with E-state index in [-0.39, 0.29) is 11.9 Å². The first-order chi connectivity index (χ1) is 16.1. The topological polar surface area (TPSA) is 95.1 Å². The Labute approximate surface area is 195 Å². The van der Waals surface area contributed by atoms with Gasteiger partial charge in [0.25, 0.3) is 5.91 Å². The molecule has 0 radical (unpaired) electrons. The van der Waals surface area contributed by atoms with E-state index >= 15 is 0 Å². The Morgan fingerprint density at radius 2 is 2.18 bits per heavy atom. The molecule has 1 amide bonds. The summed E-state index contributed by atoms with van der Waals surface area (Å²) < 4.78 is 7.64. The number of nitrogen functional groups attached to an aromatic ring is 1. The van der Waals surface area contributed by atoms with Gasteiger partial charge in [-0.25, -0.2) is 9.97 Å². The molecule has 4 aromatic rings. The van der Waals surface area contributed by atoms with Gasteiger partial charge in [-0.05, 0) is 53.4 Å². The average Bonchev–Trinajstić information content (AvgIpc) is 3.58. The van der Waals surface area contributed by atoms with Crippen LogP contribution in [0.25, 0.3) is 11.0 Å². The van der Waals surface area contributed by atoms with E-state index in [2.05, 4.69) is 31.7 Å². The smallest absolute Gasteiger partial charge is 0.251 e.